The zero-order valence-corrected chi connectivity index (χ0v) is 14.7. The average molecular weight is 370 g/mol. The molecule has 2 amide bonds. The van der Waals surface area contributed by atoms with E-state index in [4.69, 9.17) is 4.74 Å². The molecule has 2 heterocycles. The number of carbonyl (C=O) groups is 2. The van der Waals surface area contributed by atoms with Crippen molar-refractivity contribution in [3.8, 4) is 5.75 Å². The van der Waals surface area contributed by atoms with Gasteiger partial charge in [-0.15, -0.1) is 0 Å². The number of likely N-dealkylation sites (tertiary alicyclic amines) is 1. The Bertz CT molecular complexity index is 720. The number of hydrogen-bond donors (Lipinski definition) is 0. The van der Waals surface area contributed by atoms with Gasteiger partial charge in [0.05, 0.1) is 13.2 Å². The molecule has 142 valence electrons. The summed E-state index contributed by atoms with van der Waals surface area (Å²) in [6.07, 6.45) is -3.69. The molecule has 0 bridgehead atoms. The van der Waals surface area contributed by atoms with Gasteiger partial charge in [0.1, 0.15) is 11.8 Å². The number of halogens is 3. The van der Waals surface area contributed by atoms with E-state index >= 15 is 0 Å². The Morgan fingerprint density at radius 2 is 1.92 bits per heavy atom. The standard InChI is InChI=1S/C18H21F3N2O3/c1-11-14-10-13(26-2)6-5-12(14)7-9-22(11)16(24)15-4-3-8-23(15)17(25)18(19,20)21/h5-6,10-11,15H,3-4,7-9H2,1-2H3. The van der Waals surface area contributed by atoms with Gasteiger partial charge in [0.25, 0.3) is 0 Å². The van der Waals surface area contributed by atoms with Crippen molar-refractivity contribution in [2.24, 2.45) is 0 Å². The van der Waals surface area contributed by atoms with Crippen LogP contribution in [0.4, 0.5) is 13.2 Å². The van der Waals surface area contributed by atoms with Gasteiger partial charge in [-0.3, -0.25) is 9.59 Å². The maximum absolute atomic E-state index is 13.0. The normalized spacial score (nSPS) is 23.0. The van der Waals surface area contributed by atoms with Gasteiger partial charge in [-0.2, -0.15) is 13.2 Å². The fourth-order valence-electron chi connectivity index (χ4n) is 3.84. The van der Waals surface area contributed by atoms with Crippen molar-refractivity contribution in [2.75, 3.05) is 20.2 Å². The zero-order valence-electron chi connectivity index (χ0n) is 14.7. The summed E-state index contributed by atoms with van der Waals surface area (Å²) in [4.78, 5) is 26.8. The summed E-state index contributed by atoms with van der Waals surface area (Å²) in [6, 6.07) is 4.32. The molecule has 2 atom stereocenters. The quantitative estimate of drug-likeness (QED) is 0.804. The monoisotopic (exact) mass is 370 g/mol. The molecule has 0 aromatic heterocycles. The van der Waals surface area contributed by atoms with Gasteiger partial charge < -0.3 is 14.5 Å². The first kappa shape index (κ1) is 18.5. The van der Waals surface area contributed by atoms with Crippen LogP contribution >= 0.6 is 0 Å². The molecule has 2 aliphatic rings. The number of hydrogen-bond acceptors (Lipinski definition) is 3. The lowest BCUT2D eigenvalue weighted by Gasteiger charge is -2.38. The van der Waals surface area contributed by atoms with Crippen LogP contribution in [0.3, 0.4) is 0 Å². The van der Waals surface area contributed by atoms with Crippen molar-refractivity contribution in [1.29, 1.82) is 0 Å². The third-order valence-corrected chi connectivity index (χ3v) is 5.22. The molecule has 0 aliphatic carbocycles. The number of alkyl halides is 3. The lowest BCUT2D eigenvalue weighted by Crippen LogP contribution is -2.52. The van der Waals surface area contributed by atoms with Gasteiger partial charge in [0.15, 0.2) is 0 Å². The molecule has 26 heavy (non-hydrogen) atoms. The molecule has 0 spiro atoms. The molecule has 1 aromatic carbocycles. The second-order valence-corrected chi connectivity index (χ2v) is 6.68. The van der Waals surface area contributed by atoms with Crippen LogP contribution in [0.2, 0.25) is 0 Å². The molecule has 1 saturated heterocycles. The number of nitrogens with zero attached hydrogens (tertiary/aromatic N) is 2. The molecule has 5 nitrogen and oxygen atoms in total. The number of amides is 2. The minimum absolute atomic E-state index is 0.0403. The largest absolute Gasteiger partial charge is 0.497 e. The lowest BCUT2D eigenvalue weighted by molar-refractivity contribution is -0.187. The van der Waals surface area contributed by atoms with Crippen LogP contribution in [0.5, 0.6) is 5.75 Å². The summed E-state index contributed by atoms with van der Waals surface area (Å²) >= 11 is 0. The van der Waals surface area contributed by atoms with E-state index in [1.54, 1.807) is 12.0 Å². The highest BCUT2D eigenvalue weighted by Crippen LogP contribution is 2.34. The van der Waals surface area contributed by atoms with Crippen LogP contribution in [0.1, 0.15) is 36.9 Å². The highest BCUT2D eigenvalue weighted by molar-refractivity contribution is 5.90. The van der Waals surface area contributed by atoms with Gasteiger partial charge in [0.2, 0.25) is 5.91 Å². The smallest absolute Gasteiger partial charge is 0.471 e. The van der Waals surface area contributed by atoms with Crippen LogP contribution in [0.25, 0.3) is 0 Å². The minimum atomic E-state index is -4.96. The van der Waals surface area contributed by atoms with Crippen molar-refractivity contribution in [3.05, 3.63) is 29.3 Å². The van der Waals surface area contributed by atoms with Gasteiger partial charge in [-0.05, 0) is 49.4 Å². The summed E-state index contributed by atoms with van der Waals surface area (Å²) < 4.78 is 43.7. The molecule has 0 N–H and O–H groups in total. The zero-order chi connectivity index (χ0) is 19.1. The molecule has 1 aromatic rings. The third kappa shape index (κ3) is 3.24. The molecule has 0 saturated carbocycles. The highest BCUT2D eigenvalue weighted by Gasteiger charge is 2.48. The predicted octanol–water partition coefficient (Wildman–Crippen LogP) is 2.69. The molecule has 1 fully saturated rings. The second kappa shape index (κ2) is 6.81. The van der Waals surface area contributed by atoms with E-state index in [9.17, 15) is 22.8 Å². The molecule has 8 heteroatoms. The summed E-state index contributed by atoms with van der Waals surface area (Å²) in [5.41, 5.74) is 2.02. The topological polar surface area (TPSA) is 49.9 Å². The number of ether oxygens (including phenoxy) is 1. The van der Waals surface area contributed by atoms with Gasteiger partial charge in [0, 0.05) is 13.1 Å². The predicted molar refractivity (Wildman–Crippen MR) is 87.6 cm³/mol. The van der Waals surface area contributed by atoms with E-state index in [1.807, 2.05) is 25.1 Å². The van der Waals surface area contributed by atoms with Crippen LogP contribution < -0.4 is 4.74 Å². The molecular formula is C18H21F3N2O3. The first-order chi connectivity index (χ1) is 12.2. The Hall–Kier alpha value is -2.25. The van der Waals surface area contributed by atoms with Crippen LogP contribution in [-0.2, 0) is 16.0 Å². The van der Waals surface area contributed by atoms with Crippen LogP contribution in [-0.4, -0.2) is 54.0 Å². The molecular weight excluding hydrogens is 349 g/mol. The van der Waals surface area contributed by atoms with Crippen molar-refractivity contribution in [3.63, 3.8) is 0 Å². The molecule has 0 radical (unpaired) electrons. The maximum Gasteiger partial charge on any atom is 0.471 e. The van der Waals surface area contributed by atoms with E-state index in [2.05, 4.69) is 0 Å². The number of methoxy groups -OCH3 is 1. The van der Waals surface area contributed by atoms with E-state index in [-0.39, 0.29) is 19.0 Å². The Kier molecular flexibility index (Phi) is 4.86. The van der Waals surface area contributed by atoms with Gasteiger partial charge in [-0.1, -0.05) is 6.07 Å². The van der Waals surface area contributed by atoms with Crippen LogP contribution in [0, 0.1) is 0 Å². The van der Waals surface area contributed by atoms with Crippen molar-refractivity contribution in [2.45, 2.75) is 44.4 Å². The SMILES string of the molecule is COc1ccc2c(c1)C(C)N(C(=O)C1CCCN1C(=O)C(F)(F)F)CC2. The summed E-state index contributed by atoms with van der Waals surface area (Å²) in [5, 5.41) is 0. The molecule has 2 unspecified atom stereocenters. The van der Waals surface area contributed by atoms with Crippen LogP contribution in [0.15, 0.2) is 18.2 Å². The lowest BCUT2D eigenvalue weighted by atomic mass is 9.92. The maximum atomic E-state index is 13.0. The van der Waals surface area contributed by atoms with Crippen molar-refractivity contribution in [1.82, 2.24) is 9.80 Å². The second-order valence-electron chi connectivity index (χ2n) is 6.68. The summed E-state index contributed by atoms with van der Waals surface area (Å²) in [7, 11) is 1.55. The number of carbonyl (C=O) groups excluding carboxylic acids is 2. The summed E-state index contributed by atoms with van der Waals surface area (Å²) in [5.74, 6) is -1.68. The Labute approximate surface area is 149 Å². The first-order valence-electron chi connectivity index (χ1n) is 8.59. The molecule has 2 aliphatic heterocycles. The van der Waals surface area contributed by atoms with Crippen molar-refractivity contribution >= 4 is 11.8 Å². The Morgan fingerprint density at radius 3 is 2.58 bits per heavy atom. The average Bonchev–Trinajstić information content (AvgIpc) is 3.09. The number of benzene rings is 1. The van der Waals surface area contributed by atoms with Gasteiger partial charge >= 0.3 is 12.1 Å². The Morgan fingerprint density at radius 1 is 1.19 bits per heavy atom. The van der Waals surface area contributed by atoms with E-state index < -0.39 is 24.0 Å². The van der Waals surface area contributed by atoms with E-state index in [0.717, 1.165) is 11.1 Å². The van der Waals surface area contributed by atoms with Gasteiger partial charge in [-0.25, -0.2) is 0 Å². The number of rotatable bonds is 2. The summed E-state index contributed by atoms with van der Waals surface area (Å²) in [6.45, 7) is 2.23. The Balaban J connectivity index is 1.82. The van der Waals surface area contributed by atoms with Crippen molar-refractivity contribution < 1.29 is 27.5 Å². The first-order valence-corrected chi connectivity index (χ1v) is 8.59. The molecule has 3 rings (SSSR count). The minimum Gasteiger partial charge on any atom is -0.497 e. The van der Waals surface area contributed by atoms with E-state index in [0.29, 0.717) is 30.0 Å². The fraction of sp³-hybridized carbons (Fsp3) is 0.556. The third-order valence-electron chi connectivity index (χ3n) is 5.22. The number of fused-ring (bicyclic) bond motifs is 1. The fourth-order valence-corrected chi connectivity index (χ4v) is 3.84. The van der Waals surface area contributed by atoms with E-state index in [1.165, 1.54) is 0 Å². The highest BCUT2D eigenvalue weighted by atomic mass is 19.4.